The maximum Gasteiger partial charge on any atom is 0.156 e. The summed E-state index contributed by atoms with van der Waals surface area (Å²) in [6.07, 6.45) is 0. The van der Waals surface area contributed by atoms with Crippen LogP contribution >= 0.6 is 0 Å². The molecule has 4 nitrogen and oxygen atoms in total. The zero-order chi connectivity index (χ0) is 10.9. The molecule has 0 aliphatic heterocycles. The number of nitrogens with one attached hydrogen (secondary N) is 1. The Labute approximate surface area is 85.3 Å². The van der Waals surface area contributed by atoms with Crippen molar-refractivity contribution in [3.63, 3.8) is 0 Å². The van der Waals surface area contributed by atoms with Gasteiger partial charge in [0.15, 0.2) is 5.82 Å². The van der Waals surface area contributed by atoms with E-state index < -0.39 is 0 Å². The summed E-state index contributed by atoms with van der Waals surface area (Å²) in [7, 11) is 0. The summed E-state index contributed by atoms with van der Waals surface area (Å²) in [6, 6.07) is -0.0569. The molecule has 0 aliphatic rings. The Hall–Kier alpha value is -0.900. The second-order valence-electron chi connectivity index (χ2n) is 5.06. The summed E-state index contributed by atoms with van der Waals surface area (Å²) in [5.41, 5.74) is 5.94. The van der Waals surface area contributed by atoms with Crippen LogP contribution in [0.1, 0.15) is 52.3 Å². The molecule has 0 saturated carbocycles. The zero-order valence-electron chi connectivity index (χ0n) is 9.63. The second kappa shape index (κ2) is 3.69. The number of hydrogen-bond donors (Lipinski definition) is 2. The van der Waals surface area contributed by atoms with Crippen LogP contribution in [0.25, 0.3) is 0 Å². The van der Waals surface area contributed by atoms with Crippen LogP contribution < -0.4 is 5.73 Å². The van der Waals surface area contributed by atoms with Gasteiger partial charge in [-0.05, 0) is 5.92 Å². The Morgan fingerprint density at radius 2 is 1.86 bits per heavy atom. The Morgan fingerprint density at radius 1 is 1.29 bits per heavy atom. The van der Waals surface area contributed by atoms with E-state index in [1.54, 1.807) is 0 Å². The normalized spacial score (nSPS) is 14.8. The topological polar surface area (TPSA) is 67.6 Å². The van der Waals surface area contributed by atoms with Gasteiger partial charge < -0.3 is 5.73 Å². The predicted octanol–water partition coefficient (Wildman–Crippen LogP) is 1.76. The molecule has 0 unspecified atom stereocenters. The molecule has 0 radical (unpaired) electrons. The molecule has 0 fully saturated rings. The number of H-pyrrole nitrogens is 1. The van der Waals surface area contributed by atoms with Crippen molar-refractivity contribution in [3.8, 4) is 0 Å². The summed E-state index contributed by atoms with van der Waals surface area (Å²) >= 11 is 0. The van der Waals surface area contributed by atoms with Gasteiger partial charge in [0, 0.05) is 5.41 Å². The lowest BCUT2D eigenvalue weighted by atomic mass is 9.96. The smallest absolute Gasteiger partial charge is 0.156 e. The molecule has 0 spiro atoms. The molecule has 1 heterocycles. The van der Waals surface area contributed by atoms with Crippen LogP contribution in [0.3, 0.4) is 0 Å². The van der Waals surface area contributed by atoms with E-state index in [2.05, 4.69) is 49.8 Å². The first-order valence-electron chi connectivity index (χ1n) is 5.00. The highest BCUT2D eigenvalue weighted by molar-refractivity contribution is 5.04. The van der Waals surface area contributed by atoms with Gasteiger partial charge in [-0.25, -0.2) is 4.98 Å². The Balaban J connectivity index is 2.89. The van der Waals surface area contributed by atoms with E-state index in [0.29, 0.717) is 5.92 Å². The lowest BCUT2D eigenvalue weighted by Gasteiger charge is -2.13. The van der Waals surface area contributed by atoms with Gasteiger partial charge in [-0.2, -0.15) is 5.10 Å². The van der Waals surface area contributed by atoms with E-state index in [0.717, 1.165) is 11.6 Å². The highest BCUT2D eigenvalue weighted by atomic mass is 15.2. The van der Waals surface area contributed by atoms with Crippen molar-refractivity contribution in [2.75, 3.05) is 0 Å². The van der Waals surface area contributed by atoms with Crippen LogP contribution in [0.5, 0.6) is 0 Å². The minimum Gasteiger partial charge on any atom is -0.321 e. The Morgan fingerprint density at radius 3 is 2.21 bits per heavy atom. The van der Waals surface area contributed by atoms with Gasteiger partial charge in [-0.1, -0.05) is 34.6 Å². The van der Waals surface area contributed by atoms with Crippen molar-refractivity contribution < 1.29 is 0 Å². The summed E-state index contributed by atoms with van der Waals surface area (Å²) in [6.45, 7) is 10.4. The van der Waals surface area contributed by atoms with Crippen LogP contribution in [-0.4, -0.2) is 15.2 Å². The molecule has 1 aromatic heterocycles. The zero-order valence-corrected chi connectivity index (χ0v) is 9.63. The highest BCUT2D eigenvalue weighted by Crippen LogP contribution is 2.20. The third kappa shape index (κ3) is 2.32. The number of aromatic nitrogens is 3. The predicted molar refractivity (Wildman–Crippen MR) is 56.8 cm³/mol. The molecular weight excluding hydrogens is 176 g/mol. The molecule has 1 atom stereocenters. The molecule has 0 aromatic carbocycles. The lowest BCUT2D eigenvalue weighted by molar-refractivity contribution is 0.489. The molecule has 0 aliphatic carbocycles. The standard InChI is InChI=1S/C10H20N4/c1-6(2)7(11)8-12-9(14-13-8)10(3,4)5/h6-7H,11H2,1-5H3,(H,12,13,14)/t7-/m0/s1. The largest absolute Gasteiger partial charge is 0.321 e. The van der Waals surface area contributed by atoms with Gasteiger partial charge in [0.2, 0.25) is 0 Å². The quantitative estimate of drug-likeness (QED) is 0.757. The van der Waals surface area contributed by atoms with Gasteiger partial charge in [-0.15, -0.1) is 0 Å². The van der Waals surface area contributed by atoms with E-state index in [1.807, 2.05) is 0 Å². The van der Waals surface area contributed by atoms with Crippen LogP contribution in [0.2, 0.25) is 0 Å². The molecule has 0 saturated heterocycles. The van der Waals surface area contributed by atoms with Gasteiger partial charge in [0.05, 0.1) is 6.04 Å². The van der Waals surface area contributed by atoms with E-state index in [-0.39, 0.29) is 11.5 Å². The van der Waals surface area contributed by atoms with Crippen LogP contribution in [0, 0.1) is 5.92 Å². The number of nitrogens with two attached hydrogens (primary N) is 1. The Bertz CT molecular complexity index is 295. The fraction of sp³-hybridized carbons (Fsp3) is 0.800. The molecule has 0 amide bonds. The van der Waals surface area contributed by atoms with Crippen molar-refractivity contribution in [2.24, 2.45) is 11.7 Å². The number of rotatable bonds is 2. The highest BCUT2D eigenvalue weighted by Gasteiger charge is 2.22. The summed E-state index contributed by atoms with van der Waals surface area (Å²) < 4.78 is 0. The summed E-state index contributed by atoms with van der Waals surface area (Å²) in [5.74, 6) is 1.98. The van der Waals surface area contributed by atoms with E-state index in [1.165, 1.54) is 0 Å². The Kier molecular flexibility index (Phi) is 2.95. The molecule has 1 aromatic rings. The van der Waals surface area contributed by atoms with Crippen LogP contribution in [0.4, 0.5) is 0 Å². The number of nitrogens with zero attached hydrogens (tertiary/aromatic N) is 2. The van der Waals surface area contributed by atoms with Crippen molar-refractivity contribution in [1.29, 1.82) is 0 Å². The molecule has 3 N–H and O–H groups in total. The van der Waals surface area contributed by atoms with Gasteiger partial charge in [0.25, 0.3) is 0 Å². The minimum atomic E-state index is -0.0569. The maximum absolute atomic E-state index is 5.96. The van der Waals surface area contributed by atoms with Crippen molar-refractivity contribution >= 4 is 0 Å². The first kappa shape index (κ1) is 11.2. The molecule has 4 heteroatoms. The molecule has 1 rings (SSSR count). The van der Waals surface area contributed by atoms with Crippen molar-refractivity contribution in [2.45, 2.75) is 46.1 Å². The number of hydrogen-bond acceptors (Lipinski definition) is 3. The summed E-state index contributed by atoms with van der Waals surface area (Å²) in [5, 5.41) is 7.08. The first-order valence-corrected chi connectivity index (χ1v) is 5.00. The van der Waals surface area contributed by atoms with E-state index in [4.69, 9.17) is 5.73 Å². The van der Waals surface area contributed by atoms with Gasteiger partial charge in [0.1, 0.15) is 5.82 Å². The van der Waals surface area contributed by atoms with Gasteiger partial charge >= 0.3 is 0 Å². The van der Waals surface area contributed by atoms with Crippen LogP contribution in [0.15, 0.2) is 0 Å². The molecular formula is C10H20N4. The van der Waals surface area contributed by atoms with Crippen LogP contribution in [-0.2, 0) is 5.41 Å². The average Bonchev–Trinajstić information content (AvgIpc) is 2.49. The fourth-order valence-electron chi connectivity index (χ4n) is 1.07. The minimum absolute atomic E-state index is 0.0224. The molecule has 80 valence electrons. The molecule has 14 heavy (non-hydrogen) atoms. The number of aromatic amines is 1. The average molecular weight is 196 g/mol. The lowest BCUT2D eigenvalue weighted by Crippen LogP contribution is -2.19. The maximum atomic E-state index is 5.96. The fourth-order valence-corrected chi connectivity index (χ4v) is 1.07. The monoisotopic (exact) mass is 196 g/mol. The van der Waals surface area contributed by atoms with Gasteiger partial charge in [-0.3, -0.25) is 5.10 Å². The second-order valence-corrected chi connectivity index (χ2v) is 5.06. The van der Waals surface area contributed by atoms with Crippen molar-refractivity contribution in [3.05, 3.63) is 11.6 Å². The molecule has 0 bridgehead atoms. The first-order chi connectivity index (χ1) is 6.32. The third-order valence-electron chi connectivity index (χ3n) is 2.21. The SMILES string of the molecule is CC(C)[C@H](N)c1nc(C(C)(C)C)n[nH]1. The van der Waals surface area contributed by atoms with E-state index >= 15 is 0 Å². The van der Waals surface area contributed by atoms with E-state index in [9.17, 15) is 0 Å². The van der Waals surface area contributed by atoms with Crippen molar-refractivity contribution in [1.82, 2.24) is 15.2 Å². The summed E-state index contributed by atoms with van der Waals surface area (Å²) in [4.78, 5) is 4.41. The third-order valence-corrected chi connectivity index (χ3v) is 2.21.